The average Bonchev–Trinajstić information content (AvgIpc) is 2.75. The van der Waals surface area contributed by atoms with Gasteiger partial charge in [0, 0.05) is 6.04 Å². The highest BCUT2D eigenvalue weighted by Gasteiger charge is 2.26. The van der Waals surface area contributed by atoms with Crippen molar-refractivity contribution < 1.29 is 14.5 Å². The van der Waals surface area contributed by atoms with Crippen LogP contribution in [0.1, 0.15) is 29.8 Å². The lowest BCUT2D eigenvalue weighted by Gasteiger charge is -2.10. The first-order valence-electron chi connectivity index (χ1n) is 4.74. The van der Waals surface area contributed by atoms with Crippen LogP contribution in [-0.2, 0) is 0 Å². The molecule has 1 amide bonds. The SMILES string of the molecule is Nc1nonc1C(=O)N[C@@H]1CC[C@H](O)C1. The quantitative estimate of drug-likeness (QED) is 0.597. The number of carbonyl (C=O) groups excluding carboxylic acids is 1. The molecule has 0 spiro atoms. The van der Waals surface area contributed by atoms with Crippen LogP contribution in [0, 0.1) is 0 Å². The van der Waals surface area contributed by atoms with E-state index in [1.54, 1.807) is 0 Å². The fraction of sp³-hybridized carbons (Fsp3) is 0.625. The first-order chi connectivity index (χ1) is 7.16. The van der Waals surface area contributed by atoms with E-state index in [1.807, 2.05) is 0 Å². The number of nitrogens with zero attached hydrogens (tertiary/aromatic N) is 2. The second-order valence-electron chi connectivity index (χ2n) is 3.64. The molecule has 2 rings (SSSR count). The summed E-state index contributed by atoms with van der Waals surface area (Å²) in [5.41, 5.74) is 5.36. The number of aliphatic hydroxyl groups is 1. The number of hydrogen-bond acceptors (Lipinski definition) is 6. The summed E-state index contributed by atoms with van der Waals surface area (Å²) in [6.45, 7) is 0. The van der Waals surface area contributed by atoms with Crippen molar-refractivity contribution in [1.82, 2.24) is 15.6 Å². The van der Waals surface area contributed by atoms with Gasteiger partial charge in [-0.1, -0.05) is 0 Å². The normalized spacial score (nSPS) is 25.4. The minimum Gasteiger partial charge on any atom is -0.393 e. The van der Waals surface area contributed by atoms with E-state index in [0.717, 1.165) is 6.42 Å². The minimum absolute atomic E-state index is 0.00334. The summed E-state index contributed by atoms with van der Waals surface area (Å²) in [4.78, 5) is 11.6. The third-order valence-corrected chi connectivity index (χ3v) is 2.47. The van der Waals surface area contributed by atoms with Gasteiger partial charge in [-0.15, -0.1) is 0 Å². The summed E-state index contributed by atoms with van der Waals surface area (Å²) in [6, 6.07) is -0.0244. The Bertz CT molecular complexity index is 365. The molecule has 15 heavy (non-hydrogen) atoms. The first kappa shape index (κ1) is 9.91. The molecular formula is C8H12N4O3. The third kappa shape index (κ3) is 2.07. The molecule has 1 aromatic rings. The zero-order valence-corrected chi connectivity index (χ0v) is 8.01. The summed E-state index contributed by atoms with van der Waals surface area (Å²) in [7, 11) is 0. The molecule has 1 saturated carbocycles. The van der Waals surface area contributed by atoms with E-state index in [2.05, 4.69) is 20.3 Å². The van der Waals surface area contributed by atoms with Crippen LogP contribution in [0.15, 0.2) is 4.63 Å². The number of nitrogen functional groups attached to an aromatic ring is 1. The highest BCUT2D eigenvalue weighted by atomic mass is 16.6. The van der Waals surface area contributed by atoms with Gasteiger partial charge in [0.1, 0.15) is 0 Å². The molecule has 7 nitrogen and oxygen atoms in total. The molecule has 0 aromatic carbocycles. The second kappa shape index (κ2) is 3.85. The lowest BCUT2D eigenvalue weighted by atomic mass is 10.2. The summed E-state index contributed by atoms with van der Waals surface area (Å²) in [5.74, 6) is -0.432. The van der Waals surface area contributed by atoms with Crippen molar-refractivity contribution in [1.29, 1.82) is 0 Å². The third-order valence-electron chi connectivity index (χ3n) is 2.47. The van der Waals surface area contributed by atoms with Crippen LogP contribution in [-0.4, -0.2) is 33.5 Å². The van der Waals surface area contributed by atoms with E-state index in [0.29, 0.717) is 12.8 Å². The maximum atomic E-state index is 11.6. The van der Waals surface area contributed by atoms with Crippen molar-refractivity contribution in [3.05, 3.63) is 5.69 Å². The van der Waals surface area contributed by atoms with E-state index in [4.69, 9.17) is 5.73 Å². The number of carbonyl (C=O) groups is 1. The predicted molar refractivity (Wildman–Crippen MR) is 49.8 cm³/mol. The van der Waals surface area contributed by atoms with Gasteiger partial charge in [-0.25, -0.2) is 4.63 Å². The Hall–Kier alpha value is -1.63. The number of hydrogen-bond donors (Lipinski definition) is 3. The largest absolute Gasteiger partial charge is 0.393 e. The Morgan fingerprint density at radius 2 is 2.33 bits per heavy atom. The van der Waals surface area contributed by atoms with E-state index in [9.17, 15) is 9.90 Å². The summed E-state index contributed by atoms with van der Waals surface area (Å²) >= 11 is 0. The predicted octanol–water partition coefficient (Wildman–Crippen LogP) is -0.705. The molecule has 1 fully saturated rings. The molecule has 1 aliphatic carbocycles. The Balaban J connectivity index is 1.96. The van der Waals surface area contributed by atoms with Crippen LogP contribution in [0.4, 0.5) is 5.82 Å². The summed E-state index contributed by atoms with van der Waals surface area (Å²) in [5, 5.41) is 18.7. The van der Waals surface area contributed by atoms with Gasteiger partial charge < -0.3 is 16.2 Å². The van der Waals surface area contributed by atoms with E-state index < -0.39 is 5.91 Å². The van der Waals surface area contributed by atoms with Crippen LogP contribution in [0.3, 0.4) is 0 Å². The number of anilines is 1. The Labute approximate surface area is 85.6 Å². The van der Waals surface area contributed by atoms with Crippen molar-refractivity contribution in [2.45, 2.75) is 31.4 Å². The molecule has 2 atom stereocenters. The van der Waals surface area contributed by atoms with Crippen molar-refractivity contribution in [2.24, 2.45) is 0 Å². The van der Waals surface area contributed by atoms with Crippen LogP contribution in [0.25, 0.3) is 0 Å². The van der Waals surface area contributed by atoms with Crippen molar-refractivity contribution in [2.75, 3.05) is 5.73 Å². The van der Waals surface area contributed by atoms with Gasteiger partial charge in [-0.05, 0) is 29.6 Å². The molecule has 0 aliphatic heterocycles. The van der Waals surface area contributed by atoms with Crippen molar-refractivity contribution >= 4 is 11.7 Å². The number of amides is 1. The highest BCUT2D eigenvalue weighted by molar-refractivity contribution is 5.96. The molecule has 82 valence electrons. The maximum Gasteiger partial charge on any atom is 0.277 e. The number of aromatic nitrogens is 2. The molecule has 1 heterocycles. The van der Waals surface area contributed by atoms with Gasteiger partial charge >= 0.3 is 0 Å². The molecule has 0 saturated heterocycles. The van der Waals surface area contributed by atoms with Crippen molar-refractivity contribution in [3.63, 3.8) is 0 Å². The van der Waals surface area contributed by atoms with Crippen molar-refractivity contribution in [3.8, 4) is 0 Å². The smallest absolute Gasteiger partial charge is 0.277 e. The molecular weight excluding hydrogens is 200 g/mol. The number of nitrogens with one attached hydrogen (secondary N) is 1. The number of rotatable bonds is 2. The number of aliphatic hydroxyl groups excluding tert-OH is 1. The molecule has 0 radical (unpaired) electrons. The van der Waals surface area contributed by atoms with Crippen LogP contribution < -0.4 is 11.1 Å². The zero-order valence-electron chi connectivity index (χ0n) is 8.01. The van der Waals surface area contributed by atoms with E-state index >= 15 is 0 Å². The number of nitrogens with two attached hydrogens (primary N) is 1. The highest BCUT2D eigenvalue weighted by Crippen LogP contribution is 2.19. The van der Waals surface area contributed by atoms with Gasteiger partial charge in [0.25, 0.3) is 5.91 Å². The van der Waals surface area contributed by atoms with Gasteiger partial charge in [0.15, 0.2) is 0 Å². The van der Waals surface area contributed by atoms with Crippen LogP contribution in [0.5, 0.6) is 0 Å². The second-order valence-corrected chi connectivity index (χ2v) is 3.64. The van der Waals surface area contributed by atoms with Crippen LogP contribution >= 0.6 is 0 Å². The summed E-state index contributed by atoms with van der Waals surface area (Å²) in [6.07, 6.45) is 1.70. The van der Waals surface area contributed by atoms with E-state index in [-0.39, 0.29) is 23.7 Å². The zero-order chi connectivity index (χ0) is 10.8. The molecule has 4 N–H and O–H groups in total. The van der Waals surface area contributed by atoms with Gasteiger partial charge in [0.05, 0.1) is 6.10 Å². The Morgan fingerprint density at radius 3 is 2.87 bits per heavy atom. The lowest BCUT2D eigenvalue weighted by Crippen LogP contribution is -2.33. The molecule has 0 bridgehead atoms. The standard InChI is InChI=1S/C8H12N4O3/c9-7-6(11-15-12-7)8(14)10-4-1-2-5(13)3-4/h4-5,13H,1-3H2,(H2,9,12)(H,10,14)/t4-,5+/m1/s1. The fourth-order valence-corrected chi connectivity index (χ4v) is 1.70. The Morgan fingerprint density at radius 1 is 1.53 bits per heavy atom. The van der Waals surface area contributed by atoms with Gasteiger partial charge in [0.2, 0.25) is 11.5 Å². The molecule has 7 heteroatoms. The Kier molecular flexibility index (Phi) is 2.55. The molecule has 1 aromatic heterocycles. The summed E-state index contributed by atoms with van der Waals surface area (Å²) < 4.78 is 4.32. The topological polar surface area (TPSA) is 114 Å². The lowest BCUT2D eigenvalue weighted by molar-refractivity contribution is 0.0924. The first-order valence-corrected chi connectivity index (χ1v) is 4.74. The molecule has 1 aliphatic rings. The average molecular weight is 212 g/mol. The molecule has 0 unspecified atom stereocenters. The minimum atomic E-state index is -0.409. The fourth-order valence-electron chi connectivity index (χ4n) is 1.70. The van der Waals surface area contributed by atoms with E-state index in [1.165, 1.54) is 0 Å². The van der Waals surface area contributed by atoms with Gasteiger partial charge in [-0.3, -0.25) is 4.79 Å². The van der Waals surface area contributed by atoms with Crippen LogP contribution in [0.2, 0.25) is 0 Å². The maximum absolute atomic E-state index is 11.6. The van der Waals surface area contributed by atoms with Gasteiger partial charge in [-0.2, -0.15) is 0 Å². The monoisotopic (exact) mass is 212 g/mol.